The summed E-state index contributed by atoms with van der Waals surface area (Å²) in [7, 11) is 2.02. The van der Waals surface area contributed by atoms with Crippen molar-refractivity contribution in [1.82, 2.24) is 5.32 Å². The van der Waals surface area contributed by atoms with E-state index in [2.05, 4.69) is 5.32 Å². The predicted octanol–water partition coefficient (Wildman–Crippen LogP) is 2.00. The average molecular weight is 162 g/mol. The van der Waals surface area contributed by atoms with Gasteiger partial charge in [-0.2, -0.15) is 0 Å². The van der Waals surface area contributed by atoms with Crippen LogP contribution in [0.25, 0.3) is 0 Å². The Morgan fingerprint density at radius 2 is 1.90 bits per heavy atom. The zero-order valence-corrected chi connectivity index (χ0v) is 7.32. The molecule has 2 heteroatoms. The van der Waals surface area contributed by atoms with Crippen molar-refractivity contribution in [2.45, 2.75) is 31.1 Å². The van der Waals surface area contributed by atoms with E-state index in [9.17, 15) is 0 Å². The number of hydrogen-bond donors (Lipinski definition) is 1. The van der Waals surface area contributed by atoms with Crippen molar-refractivity contribution in [3.8, 4) is 0 Å². The minimum Gasteiger partial charge on any atom is -0.319 e. The van der Waals surface area contributed by atoms with Crippen LogP contribution in [0.2, 0.25) is 0 Å². The molecular weight excluding hydrogens is 146 g/mol. The third-order valence-corrected chi connectivity index (χ3v) is 2.71. The van der Waals surface area contributed by atoms with Gasteiger partial charge in [0.15, 0.2) is 0 Å². The Labute approximate surface area is 68.1 Å². The lowest BCUT2D eigenvalue weighted by molar-refractivity contribution is 0.354. The Bertz CT molecular complexity index is 87.3. The van der Waals surface area contributed by atoms with Crippen molar-refractivity contribution in [1.29, 1.82) is 0 Å². The number of nitrogens with one attached hydrogen (secondary N) is 1. The van der Waals surface area contributed by atoms with Crippen LogP contribution in [-0.4, -0.2) is 19.0 Å². The summed E-state index contributed by atoms with van der Waals surface area (Å²) in [6.07, 6.45) is 5.06. The van der Waals surface area contributed by atoms with Gasteiger partial charge < -0.3 is 5.32 Å². The molecule has 1 nitrogen and oxygen atoms in total. The Balaban J connectivity index is 2.13. The fraction of sp³-hybridized carbons (Fsp3) is 1.00. The lowest BCUT2D eigenvalue weighted by atomic mass is 9.89. The summed E-state index contributed by atoms with van der Waals surface area (Å²) < 4.78 is 0. The molecule has 0 aliphatic heterocycles. The van der Waals surface area contributed by atoms with Gasteiger partial charge in [0, 0.05) is 5.38 Å². The Hall–Kier alpha value is 0.250. The molecule has 0 atom stereocenters. The van der Waals surface area contributed by atoms with Crippen molar-refractivity contribution < 1.29 is 0 Å². The Morgan fingerprint density at radius 3 is 2.40 bits per heavy atom. The van der Waals surface area contributed by atoms with Crippen LogP contribution in [0.3, 0.4) is 0 Å². The van der Waals surface area contributed by atoms with Crippen molar-refractivity contribution in [3.05, 3.63) is 0 Å². The van der Waals surface area contributed by atoms with Crippen LogP contribution < -0.4 is 5.32 Å². The molecule has 0 saturated heterocycles. The van der Waals surface area contributed by atoms with Gasteiger partial charge in [0.2, 0.25) is 0 Å². The maximum absolute atomic E-state index is 5.96. The van der Waals surface area contributed by atoms with E-state index in [1.807, 2.05) is 7.05 Å². The van der Waals surface area contributed by atoms with E-state index in [1.165, 1.54) is 32.2 Å². The predicted molar refractivity (Wildman–Crippen MR) is 45.5 cm³/mol. The second-order valence-electron chi connectivity index (χ2n) is 3.18. The maximum atomic E-state index is 5.96. The lowest BCUT2D eigenvalue weighted by Crippen LogP contribution is -2.23. The second kappa shape index (κ2) is 4.20. The minimum atomic E-state index is 0.466. The molecule has 1 aliphatic rings. The highest BCUT2D eigenvalue weighted by Crippen LogP contribution is 2.26. The summed E-state index contributed by atoms with van der Waals surface area (Å²) in [6.45, 7) is 1.17. The molecule has 0 aromatic heterocycles. The fourth-order valence-corrected chi connectivity index (χ4v) is 1.87. The van der Waals surface area contributed by atoms with Gasteiger partial charge in [-0.1, -0.05) is 0 Å². The highest BCUT2D eigenvalue weighted by atomic mass is 35.5. The number of halogens is 1. The molecule has 1 rings (SSSR count). The topological polar surface area (TPSA) is 12.0 Å². The van der Waals surface area contributed by atoms with E-state index in [0.717, 1.165) is 5.92 Å². The van der Waals surface area contributed by atoms with E-state index in [4.69, 9.17) is 11.6 Å². The van der Waals surface area contributed by atoms with Crippen molar-refractivity contribution >= 4 is 11.6 Å². The first kappa shape index (κ1) is 8.35. The number of rotatable bonds is 2. The van der Waals surface area contributed by atoms with Gasteiger partial charge in [0.05, 0.1) is 0 Å². The molecule has 1 fully saturated rings. The first-order chi connectivity index (χ1) is 4.83. The highest BCUT2D eigenvalue weighted by Gasteiger charge is 2.18. The Kier molecular flexibility index (Phi) is 3.50. The lowest BCUT2D eigenvalue weighted by Gasteiger charge is -2.24. The average Bonchev–Trinajstić information content (AvgIpc) is 1.95. The summed E-state index contributed by atoms with van der Waals surface area (Å²) in [6, 6.07) is 0. The largest absolute Gasteiger partial charge is 0.319 e. The molecule has 1 N–H and O–H groups in total. The van der Waals surface area contributed by atoms with Crippen LogP contribution in [0.4, 0.5) is 0 Å². The summed E-state index contributed by atoms with van der Waals surface area (Å²) in [4.78, 5) is 0. The summed E-state index contributed by atoms with van der Waals surface area (Å²) in [5, 5.41) is 3.67. The van der Waals surface area contributed by atoms with Crippen LogP contribution in [0.1, 0.15) is 25.7 Å². The summed E-state index contributed by atoms with van der Waals surface area (Å²) in [5.41, 5.74) is 0. The zero-order valence-electron chi connectivity index (χ0n) is 6.57. The molecule has 0 bridgehead atoms. The smallest absolute Gasteiger partial charge is 0.0336 e. The third-order valence-electron chi connectivity index (χ3n) is 2.27. The molecule has 0 amide bonds. The molecule has 0 aromatic rings. The highest BCUT2D eigenvalue weighted by molar-refractivity contribution is 6.20. The van der Waals surface area contributed by atoms with E-state index < -0.39 is 0 Å². The van der Waals surface area contributed by atoms with Gasteiger partial charge in [-0.3, -0.25) is 0 Å². The molecule has 0 heterocycles. The van der Waals surface area contributed by atoms with Crippen LogP contribution in [0.15, 0.2) is 0 Å². The summed E-state index contributed by atoms with van der Waals surface area (Å²) in [5.74, 6) is 0.889. The van der Waals surface area contributed by atoms with E-state index in [0.29, 0.717) is 5.38 Å². The maximum Gasteiger partial charge on any atom is 0.0336 e. The molecule has 0 radical (unpaired) electrons. The molecule has 0 unspecified atom stereocenters. The monoisotopic (exact) mass is 161 g/mol. The first-order valence-electron chi connectivity index (χ1n) is 4.11. The van der Waals surface area contributed by atoms with Gasteiger partial charge in [0.1, 0.15) is 0 Å². The first-order valence-corrected chi connectivity index (χ1v) is 4.55. The van der Waals surface area contributed by atoms with Gasteiger partial charge in [0.25, 0.3) is 0 Å². The molecule has 0 spiro atoms. The molecule has 10 heavy (non-hydrogen) atoms. The molecule has 0 aromatic carbocycles. The third kappa shape index (κ3) is 2.47. The van der Waals surface area contributed by atoms with Crippen LogP contribution >= 0.6 is 11.6 Å². The quantitative estimate of drug-likeness (QED) is 0.611. The zero-order chi connectivity index (χ0) is 7.40. The van der Waals surface area contributed by atoms with Gasteiger partial charge in [-0.05, 0) is 45.2 Å². The molecule has 1 aliphatic carbocycles. The molecule has 1 saturated carbocycles. The van der Waals surface area contributed by atoms with Crippen LogP contribution in [0.5, 0.6) is 0 Å². The Morgan fingerprint density at radius 1 is 1.30 bits per heavy atom. The summed E-state index contributed by atoms with van der Waals surface area (Å²) >= 11 is 5.96. The normalized spacial score (nSPS) is 34.2. The van der Waals surface area contributed by atoms with Crippen molar-refractivity contribution in [2.24, 2.45) is 5.92 Å². The van der Waals surface area contributed by atoms with Gasteiger partial charge in [-0.15, -0.1) is 11.6 Å². The van der Waals surface area contributed by atoms with E-state index in [1.54, 1.807) is 0 Å². The van der Waals surface area contributed by atoms with Crippen LogP contribution in [0, 0.1) is 5.92 Å². The SMILES string of the molecule is CNCC1CCC(Cl)CC1. The molecular formula is C8H16ClN. The number of hydrogen-bond acceptors (Lipinski definition) is 1. The van der Waals surface area contributed by atoms with Crippen LogP contribution in [-0.2, 0) is 0 Å². The second-order valence-corrected chi connectivity index (χ2v) is 3.79. The van der Waals surface area contributed by atoms with Gasteiger partial charge in [-0.25, -0.2) is 0 Å². The molecule has 60 valence electrons. The fourth-order valence-electron chi connectivity index (χ4n) is 1.61. The van der Waals surface area contributed by atoms with E-state index in [-0.39, 0.29) is 0 Å². The van der Waals surface area contributed by atoms with Crippen molar-refractivity contribution in [2.75, 3.05) is 13.6 Å². The van der Waals surface area contributed by atoms with E-state index >= 15 is 0 Å². The standard InChI is InChI=1S/C8H16ClN/c1-10-6-7-2-4-8(9)5-3-7/h7-8,10H,2-6H2,1H3. The van der Waals surface area contributed by atoms with Gasteiger partial charge >= 0.3 is 0 Å². The minimum absolute atomic E-state index is 0.466. The van der Waals surface area contributed by atoms with Crippen molar-refractivity contribution in [3.63, 3.8) is 0 Å². The number of alkyl halides is 1.